The first-order chi connectivity index (χ1) is 9.13. The molecule has 1 N–H and O–H groups in total. The van der Waals surface area contributed by atoms with E-state index in [-0.39, 0.29) is 11.7 Å². The molecule has 19 heavy (non-hydrogen) atoms. The first-order valence-electron chi connectivity index (χ1n) is 6.11. The van der Waals surface area contributed by atoms with E-state index in [1.807, 2.05) is 0 Å². The largest absolute Gasteiger partial charge is 0.392 e. The Morgan fingerprint density at radius 1 is 1.32 bits per heavy atom. The van der Waals surface area contributed by atoms with Crippen LogP contribution in [0.4, 0.5) is 4.39 Å². The molecule has 0 aliphatic heterocycles. The number of rotatable bonds is 2. The predicted molar refractivity (Wildman–Crippen MR) is 70.0 cm³/mol. The third-order valence-corrected chi connectivity index (χ3v) is 3.82. The van der Waals surface area contributed by atoms with Crippen LogP contribution in [0.15, 0.2) is 27.2 Å². The van der Waals surface area contributed by atoms with Gasteiger partial charge in [-0.25, -0.2) is 4.39 Å². The Bertz CT molecular complexity index is 582. The van der Waals surface area contributed by atoms with Gasteiger partial charge < -0.3 is 9.63 Å². The van der Waals surface area contributed by atoms with E-state index in [1.165, 1.54) is 12.1 Å². The first kappa shape index (κ1) is 12.7. The zero-order chi connectivity index (χ0) is 13.4. The van der Waals surface area contributed by atoms with Crippen LogP contribution in [0.25, 0.3) is 11.4 Å². The average molecular weight is 327 g/mol. The van der Waals surface area contributed by atoms with Crippen molar-refractivity contribution in [1.82, 2.24) is 10.1 Å². The van der Waals surface area contributed by atoms with Gasteiger partial charge >= 0.3 is 0 Å². The molecule has 1 saturated carbocycles. The monoisotopic (exact) mass is 326 g/mol. The topological polar surface area (TPSA) is 59.2 Å². The van der Waals surface area contributed by atoms with Gasteiger partial charge in [0.25, 0.3) is 0 Å². The molecule has 1 fully saturated rings. The van der Waals surface area contributed by atoms with Gasteiger partial charge in [-0.1, -0.05) is 21.1 Å². The van der Waals surface area contributed by atoms with Crippen LogP contribution in [0.5, 0.6) is 0 Å². The molecule has 0 spiro atoms. The van der Waals surface area contributed by atoms with Crippen molar-refractivity contribution in [2.45, 2.75) is 31.3 Å². The molecule has 0 amide bonds. The third kappa shape index (κ3) is 2.55. The molecule has 4 nitrogen and oxygen atoms in total. The van der Waals surface area contributed by atoms with Crippen molar-refractivity contribution in [3.63, 3.8) is 0 Å². The maximum absolute atomic E-state index is 13.3. The molecule has 3 rings (SSSR count). The molecule has 2 unspecified atom stereocenters. The minimum absolute atomic E-state index is 0.0988. The summed E-state index contributed by atoms with van der Waals surface area (Å²) in [5, 5.41) is 13.7. The highest BCUT2D eigenvalue weighted by Gasteiger charge is 2.31. The zero-order valence-corrected chi connectivity index (χ0v) is 11.6. The molecule has 100 valence electrons. The van der Waals surface area contributed by atoms with Crippen LogP contribution in [0.3, 0.4) is 0 Å². The first-order valence-corrected chi connectivity index (χ1v) is 6.91. The third-order valence-electron chi connectivity index (χ3n) is 3.36. The van der Waals surface area contributed by atoms with Gasteiger partial charge in [-0.15, -0.1) is 0 Å². The summed E-state index contributed by atoms with van der Waals surface area (Å²) in [6.07, 6.45) is 2.13. The number of benzene rings is 1. The molecule has 1 aromatic heterocycles. The summed E-state index contributed by atoms with van der Waals surface area (Å²) >= 11 is 3.23. The van der Waals surface area contributed by atoms with E-state index in [1.54, 1.807) is 6.07 Å². The minimum atomic E-state index is -0.424. The molecule has 0 radical (unpaired) electrons. The number of hydrogen-bond donors (Lipinski definition) is 1. The summed E-state index contributed by atoms with van der Waals surface area (Å²) < 4.78 is 19.1. The van der Waals surface area contributed by atoms with E-state index in [2.05, 4.69) is 26.1 Å². The Morgan fingerprint density at radius 3 is 2.84 bits per heavy atom. The lowest BCUT2D eigenvalue weighted by molar-refractivity contribution is 0.148. The van der Waals surface area contributed by atoms with Gasteiger partial charge in [0.1, 0.15) is 5.82 Å². The van der Waals surface area contributed by atoms with Crippen molar-refractivity contribution in [2.24, 2.45) is 0 Å². The Morgan fingerprint density at radius 2 is 2.16 bits per heavy atom. The molecular weight excluding hydrogens is 315 g/mol. The second-order valence-corrected chi connectivity index (χ2v) is 5.63. The molecule has 0 saturated heterocycles. The molecule has 2 atom stereocenters. The maximum atomic E-state index is 13.3. The van der Waals surface area contributed by atoms with Gasteiger partial charge in [0, 0.05) is 10.0 Å². The molecule has 1 aliphatic carbocycles. The Hall–Kier alpha value is -1.27. The van der Waals surface area contributed by atoms with Gasteiger partial charge in [-0.2, -0.15) is 4.98 Å². The van der Waals surface area contributed by atoms with E-state index < -0.39 is 6.10 Å². The number of nitrogens with zero attached hydrogens (tertiary/aromatic N) is 2. The van der Waals surface area contributed by atoms with Crippen LogP contribution in [-0.4, -0.2) is 21.4 Å². The fourth-order valence-electron chi connectivity index (χ4n) is 2.41. The van der Waals surface area contributed by atoms with Gasteiger partial charge in [0.05, 0.1) is 12.0 Å². The van der Waals surface area contributed by atoms with E-state index >= 15 is 0 Å². The Kier molecular flexibility index (Phi) is 3.36. The number of hydrogen-bond acceptors (Lipinski definition) is 4. The Labute approximate surface area is 117 Å². The standard InChI is InChI=1S/C13H12BrFN2O2/c14-8-4-7(5-9(15)6-8)12-16-13(19-17-12)10-2-1-3-11(10)18/h4-6,10-11,18H,1-3H2. The molecule has 1 aliphatic rings. The number of aromatic nitrogens is 2. The van der Waals surface area contributed by atoms with E-state index in [0.717, 1.165) is 19.3 Å². The van der Waals surface area contributed by atoms with Gasteiger partial charge in [-0.05, 0) is 37.5 Å². The normalized spacial score (nSPS) is 22.9. The second kappa shape index (κ2) is 5.02. The SMILES string of the molecule is OC1CCCC1c1nc(-c2cc(F)cc(Br)c2)no1. The fraction of sp³-hybridized carbons (Fsp3) is 0.385. The molecule has 1 heterocycles. The van der Waals surface area contributed by atoms with Gasteiger partial charge in [0.2, 0.25) is 11.7 Å². The quantitative estimate of drug-likeness (QED) is 0.920. The van der Waals surface area contributed by atoms with Crippen LogP contribution < -0.4 is 0 Å². The summed E-state index contributed by atoms with van der Waals surface area (Å²) in [6.45, 7) is 0. The van der Waals surface area contributed by atoms with E-state index in [0.29, 0.717) is 21.8 Å². The highest BCUT2D eigenvalue weighted by atomic mass is 79.9. The summed E-state index contributed by atoms with van der Waals surface area (Å²) in [4.78, 5) is 4.27. The van der Waals surface area contributed by atoms with Crippen LogP contribution >= 0.6 is 15.9 Å². The van der Waals surface area contributed by atoms with Crippen molar-refractivity contribution >= 4 is 15.9 Å². The van der Waals surface area contributed by atoms with Gasteiger partial charge in [-0.3, -0.25) is 0 Å². The van der Waals surface area contributed by atoms with Crippen molar-refractivity contribution in [1.29, 1.82) is 0 Å². The second-order valence-electron chi connectivity index (χ2n) is 4.72. The van der Waals surface area contributed by atoms with Crippen LogP contribution in [0, 0.1) is 5.82 Å². The number of aliphatic hydroxyl groups is 1. The van der Waals surface area contributed by atoms with Crippen LogP contribution in [-0.2, 0) is 0 Å². The lowest BCUT2D eigenvalue weighted by atomic mass is 10.1. The summed E-state index contributed by atoms with van der Waals surface area (Å²) in [5.74, 6) is 0.310. The Balaban J connectivity index is 1.92. The van der Waals surface area contributed by atoms with E-state index in [9.17, 15) is 9.50 Å². The van der Waals surface area contributed by atoms with E-state index in [4.69, 9.17) is 4.52 Å². The zero-order valence-electron chi connectivity index (χ0n) is 10.0. The summed E-state index contributed by atoms with van der Waals surface area (Å²) in [7, 11) is 0. The van der Waals surface area contributed by atoms with Crippen molar-refractivity contribution in [2.75, 3.05) is 0 Å². The fourth-order valence-corrected chi connectivity index (χ4v) is 2.88. The molecule has 1 aromatic carbocycles. The highest BCUT2D eigenvalue weighted by molar-refractivity contribution is 9.10. The molecule has 2 aromatic rings. The molecule has 0 bridgehead atoms. The lowest BCUT2D eigenvalue weighted by Crippen LogP contribution is -2.11. The van der Waals surface area contributed by atoms with Crippen molar-refractivity contribution in [3.8, 4) is 11.4 Å². The number of aliphatic hydroxyl groups excluding tert-OH is 1. The smallest absolute Gasteiger partial charge is 0.232 e. The lowest BCUT2D eigenvalue weighted by Gasteiger charge is -2.07. The van der Waals surface area contributed by atoms with Crippen molar-refractivity contribution in [3.05, 3.63) is 34.4 Å². The molecular formula is C13H12BrFN2O2. The number of halogens is 2. The van der Waals surface area contributed by atoms with Crippen LogP contribution in [0.2, 0.25) is 0 Å². The van der Waals surface area contributed by atoms with Crippen LogP contribution in [0.1, 0.15) is 31.1 Å². The molecule has 6 heteroatoms. The maximum Gasteiger partial charge on any atom is 0.232 e. The minimum Gasteiger partial charge on any atom is -0.392 e. The van der Waals surface area contributed by atoms with Gasteiger partial charge in [0.15, 0.2) is 0 Å². The average Bonchev–Trinajstić information content (AvgIpc) is 2.95. The highest BCUT2D eigenvalue weighted by Crippen LogP contribution is 2.34. The predicted octanol–water partition coefficient (Wildman–Crippen LogP) is 3.27. The summed E-state index contributed by atoms with van der Waals surface area (Å²) in [5.41, 5.74) is 0.550. The summed E-state index contributed by atoms with van der Waals surface area (Å²) in [6, 6.07) is 4.44. The van der Waals surface area contributed by atoms with Crippen molar-refractivity contribution < 1.29 is 14.0 Å².